The molecule has 0 aromatic carbocycles. The van der Waals surface area contributed by atoms with E-state index in [2.05, 4.69) is 10.3 Å². The van der Waals surface area contributed by atoms with Crippen molar-refractivity contribution < 1.29 is 9.59 Å². The highest BCUT2D eigenvalue weighted by atomic mass is 32.2. The van der Waals surface area contributed by atoms with Crippen LogP contribution in [0.3, 0.4) is 0 Å². The number of pyridine rings is 1. The van der Waals surface area contributed by atoms with E-state index >= 15 is 0 Å². The molecule has 1 aliphatic rings. The summed E-state index contributed by atoms with van der Waals surface area (Å²) in [6.07, 6.45) is 2.79. The number of hydrogen-bond donors (Lipinski definition) is 1. The third-order valence-electron chi connectivity index (χ3n) is 2.92. The molecule has 2 rings (SSSR count). The summed E-state index contributed by atoms with van der Waals surface area (Å²) in [4.78, 5) is 29.8. The van der Waals surface area contributed by atoms with Gasteiger partial charge in [-0.25, -0.2) is 4.98 Å². The number of carbonyl (C=O) groups excluding carboxylic acids is 2. The Hall–Kier alpha value is -1.56. The van der Waals surface area contributed by atoms with Gasteiger partial charge in [0.25, 0.3) is 0 Å². The van der Waals surface area contributed by atoms with Crippen LogP contribution < -0.4 is 10.2 Å². The molecule has 0 spiro atoms. The first-order valence-corrected chi connectivity index (χ1v) is 7.17. The lowest BCUT2D eigenvalue weighted by Crippen LogP contribution is -2.41. The van der Waals surface area contributed by atoms with E-state index in [9.17, 15) is 9.59 Å². The van der Waals surface area contributed by atoms with E-state index in [4.69, 9.17) is 0 Å². The fraction of sp³-hybridized carbons (Fsp3) is 0.462. The van der Waals surface area contributed by atoms with E-state index in [0.29, 0.717) is 6.54 Å². The van der Waals surface area contributed by atoms with Gasteiger partial charge in [-0.15, -0.1) is 0 Å². The van der Waals surface area contributed by atoms with E-state index in [1.165, 1.54) is 11.8 Å². The number of nitrogens with one attached hydrogen (secondary N) is 1. The molecule has 0 fully saturated rings. The molecule has 0 radical (unpaired) electrons. The highest BCUT2D eigenvalue weighted by molar-refractivity contribution is 8.00. The number of aromatic nitrogens is 1. The standard InChI is InChI=1S/C13H17N3O2S/c1-3-6-14-11(17)8-10-13(18)16(2)9-5-4-7-15-12(9)19-10/h4-5,7,10H,3,6,8H2,1-2H3,(H,14,17)/t10-/m0/s1. The molecule has 0 saturated carbocycles. The van der Waals surface area contributed by atoms with Gasteiger partial charge < -0.3 is 10.2 Å². The summed E-state index contributed by atoms with van der Waals surface area (Å²) in [5, 5.41) is 3.21. The normalized spacial score (nSPS) is 18.1. The number of nitrogens with zero attached hydrogens (tertiary/aromatic N) is 2. The Morgan fingerprint density at radius 1 is 1.58 bits per heavy atom. The molecule has 1 aromatic rings. The Balaban J connectivity index is 2.08. The Morgan fingerprint density at radius 2 is 2.37 bits per heavy atom. The largest absolute Gasteiger partial charge is 0.356 e. The average Bonchev–Trinajstić information content (AvgIpc) is 2.42. The van der Waals surface area contributed by atoms with E-state index in [1.807, 2.05) is 13.0 Å². The second kappa shape index (κ2) is 6.06. The van der Waals surface area contributed by atoms with Gasteiger partial charge in [-0.05, 0) is 18.6 Å². The van der Waals surface area contributed by atoms with Crippen LogP contribution in [0.5, 0.6) is 0 Å². The topological polar surface area (TPSA) is 62.3 Å². The number of hydrogen-bond acceptors (Lipinski definition) is 4. The van der Waals surface area contributed by atoms with Crippen LogP contribution in [0, 0.1) is 0 Å². The molecule has 0 unspecified atom stereocenters. The average molecular weight is 279 g/mol. The van der Waals surface area contributed by atoms with Crippen molar-refractivity contribution in [2.24, 2.45) is 0 Å². The van der Waals surface area contributed by atoms with Crippen LogP contribution in [0.2, 0.25) is 0 Å². The zero-order valence-corrected chi connectivity index (χ0v) is 11.9. The van der Waals surface area contributed by atoms with E-state index < -0.39 is 0 Å². The van der Waals surface area contributed by atoms with Gasteiger partial charge in [0.05, 0.1) is 10.9 Å². The third-order valence-corrected chi connectivity index (χ3v) is 4.11. The van der Waals surface area contributed by atoms with Crippen molar-refractivity contribution in [1.29, 1.82) is 0 Å². The van der Waals surface area contributed by atoms with Gasteiger partial charge in [-0.3, -0.25) is 9.59 Å². The Kier molecular flexibility index (Phi) is 4.42. The third kappa shape index (κ3) is 3.07. The van der Waals surface area contributed by atoms with Crippen LogP contribution in [-0.2, 0) is 9.59 Å². The number of rotatable bonds is 4. The molecular weight excluding hydrogens is 262 g/mol. The molecule has 1 aliphatic heterocycles. The van der Waals surface area contributed by atoms with Gasteiger partial charge in [-0.2, -0.15) is 0 Å². The second-order valence-electron chi connectivity index (χ2n) is 4.39. The van der Waals surface area contributed by atoms with Crippen LogP contribution in [0.1, 0.15) is 19.8 Å². The van der Waals surface area contributed by atoms with Crippen molar-refractivity contribution in [1.82, 2.24) is 10.3 Å². The van der Waals surface area contributed by atoms with Gasteiger partial charge in [-0.1, -0.05) is 18.7 Å². The quantitative estimate of drug-likeness (QED) is 0.906. The Labute approximate surface area is 116 Å². The summed E-state index contributed by atoms with van der Waals surface area (Å²) in [5.74, 6) is -0.127. The van der Waals surface area contributed by atoms with Crippen molar-refractivity contribution in [3.8, 4) is 0 Å². The second-order valence-corrected chi connectivity index (χ2v) is 5.58. The lowest BCUT2D eigenvalue weighted by Gasteiger charge is -2.29. The highest BCUT2D eigenvalue weighted by Crippen LogP contribution is 2.37. The first kappa shape index (κ1) is 13.9. The van der Waals surface area contributed by atoms with Crippen molar-refractivity contribution in [2.75, 3.05) is 18.5 Å². The van der Waals surface area contributed by atoms with E-state index in [0.717, 1.165) is 17.1 Å². The van der Waals surface area contributed by atoms with Crippen molar-refractivity contribution in [3.05, 3.63) is 18.3 Å². The summed E-state index contributed by atoms with van der Waals surface area (Å²) in [5.41, 5.74) is 0.808. The molecule has 1 aromatic heterocycles. The minimum absolute atomic E-state index is 0.0443. The minimum Gasteiger partial charge on any atom is -0.356 e. The van der Waals surface area contributed by atoms with Gasteiger partial charge in [0.15, 0.2) is 0 Å². The number of anilines is 1. The van der Waals surface area contributed by atoms with E-state index in [1.54, 1.807) is 24.2 Å². The molecule has 5 nitrogen and oxygen atoms in total. The molecule has 0 bridgehead atoms. The number of amides is 2. The Morgan fingerprint density at radius 3 is 3.11 bits per heavy atom. The molecule has 1 N–H and O–H groups in total. The lowest BCUT2D eigenvalue weighted by molar-refractivity contribution is -0.124. The van der Waals surface area contributed by atoms with Crippen molar-refractivity contribution in [2.45, 2.75) is 30.0 Å². The lowest BCUT2D eigenvalue weighted by atomic mass is 10.2. The minimum atomic E-state index is -0.385. The van der Waals surface area contributed by atoms with Gasteiger partial charge in [0.2, 0.25) is 11.8 Å². The first-order valence-electron chi connectivity index (χ1n) is 6.29. The summed E-state index contributed by atoms with van der Waals surface area (Å²) in [7, 11) is 1.72. The van der Waals surface area contributed by atoms with Crippen LogP contribution in [0.25, 0.3) is 0 Å². The van der Waals surface area contributed by atoms with Gasteiger partial charge in [0, 0.05) is 26.2 Å². The maximum absolute atomic E-state index is 12.2. The van der Waals surface area contributed by atoms with Crippen molar-refractivity contribution in [3.63, 3.8) is 0 Å². The predicted octanol–water partition coefficient (Wildman–Crippen LogP) is 1.44. The molecule has 6 heteroatoms. The molecule has 2 heterocycles. The maximum atomic E-state index is 12.2. The van der Waals surface area contributed by atoms with Gasteiger partial charge in [0.1, 0.15) is 5.03 Å². The van der Waals surface area contributed by atoms with Crippen LogP contribution in [0.15, 0.2) is 23.4 Å². The zero-order chi connectivity index (χ0) is 13.8. The number of fused-ring (bicyclic) bond motifs is 1. The van der Waals surface area contributed by atoms with Crippen molar-refractivity contribution >= 4 is 29.3 Å². The smallest absolute Gasteiger partial charge is 0.240 e. The number of thioether (sulfide) groups is 1. The molecular formula is C13H17N3O2S. The fourth-order valence-electron chi connectivity index (χ4n) is 1.88. The molecule has 0 aliphatic carbocycles. The molecule has 102 valence electrons. The molecule has 1 atom stereocenters. The van der Waals surface area contributed by atoms with E-state index in [-0.39, 0.29) is 23.5 Å². The molecule has 19 heavy (non-hydrogen) atoms. The first-order chi connectivity index (χ1) is 9.13. The summed E-state index contributed by atoms with van der Waals surface area (Å²) < 4.78 is 0. The maximum Gasteiger partial charge on any atom is 0.240 e. The predicted molar refractivity (Wildman–Crippen MR) is 75.2 cm³/mol. The molecule has 2 amide bonds. The fourth-order valence-corrected chi connectivity index (χ4v) is 3.09. The van der Waals surface area contributed by atoms with Crippen LogP contribution >= 0.6 is 11.8 Å². The molecule has 0 saturated heterocycles. The highest BCUT2D eigenvalue weighted by Gasteiger charge is 2.33. The van der Waals surface area contributed by atoms with Crippen LogP contribution in [0.4, 0.5) is 5.69 Å². The monoisotopic (exact) mass is 279 g/mol. The Bertz CT molecular complexity index is 493. The summed E-state index contributed by atoms with van der Waals surface area (Å²) >= 11 is 1.37. The number of carbonyl (C=O) groups is 2. The zero-order valence-electron chi connectivity index (χ0n) is 11.0. The summed E-state index contributed by atoms with van der Waals surface area (Å²) in [6, 6.07) is 3.66. The summed E-state index contributed by atoms with van der Waals surface area (Å²) in [6.45, 7) is 2.64. The SMILES string of the molecule is CCCNC(=O)C[C@@H]1Sc2ncccc2N(C)C1=O. The van der Waals surface area contributed by atoms with Crippen LogP contribution in [-0.4, -0.2) is 35.6 Å². The van der Waals surface area contributed by atoms with Gasteiger partial charge >= 0.3 is 0 Å².